The number of piperidine rings is 1. The fourth-order valence-corrected chi connectivity index (χ4v) is 3.41. The highest BCUT2D eigenvalue weighted by molar-refractivity contribution is 6.31. The maximum absolute atomic E-state index is 12.7. The smallest absolute Gasteiger partial charge is 0.168 e. The summed E-state index contributed by atoms with van der Waals surface area (Å²) in [4.78, 5) is 15.1. The molecule has 0 saturated carbocycles. The maximum Gasteiger partial charge on any atom is 0.168 e. The van der Waals surface area contributed by atoms with E-state index in [4.69, 9.17) is 16.0 Å². The van der Waals surface area contributed by atoms with Crippen LogP contribution in [0.3, 0.4) is 0 Å². The molecule has 1 saturated heterocycles. The van der Waals surface area contributed by atoms with Crippen molar-refractivity contribution < 1.29 is 9.21 Å². The molecule has 0 amide bonds. The molecular weight excluding hydrogens is 333 g/mol. The van der Waals surface area contributed by atoms with Crippen LogP contribution in [-0.2, 0) is 6.42 Å². The number of carbonyl (C=O) groups is 1. The van der Waals surface area contributed by atoms with Gasteiger partial charge in [0.1, 0.15) is 11.3 Å². The lowest BCUT2D eigenvalue weighted by Gasteiger charge is -2.25. The van der Waals surface area contributed by atoms with Crippen molar-refractivity contribution in [2.24, 2.45) is 0 Å². The van der Waals surface area contributed by atoms with E-state index in [2.05, 4.69) is 4.90 Å². The van der Waals surface area contributed by atoms with Crippen molar-refractivity contribution in [2.45, 2.75) is 39.0 Å². The lowest BCUT2D eigenvalue weighted by molar-refractivity contribution is 0.0958. The van der Waals surface area contributed by atoms with Crippen LogP contribution < -0.4 is 0 Å². The molecule has 2 heterocycles. The number of hydrogen-bond donors (Lipinski definition) is 0. The van der Waals surface area contributed by atoms with Gasteiger partial charge in [-0.15, -0.1) is 12.4 Å². The zero-order chi connectivity index (χ0) is 15.5. The van der Waals surface area contributed by atoms with Crippen LogP contribution in [0.5, 0.6) is 0 Å². The quantitative estimate of drug-likeness (QED) is 0.697. The molecule has 1 aromatic heterocycles. The van der Waals surface area contributed by atoms with Gasteiger partial charge in [-0.25, -0.2) is 0 Å². The van der Waals surface area contributed by atoms with Crippen molar-refractivity contribution >= 4 is 40.8 Å². The molecule has 0 spiro atoms. The van der Waals surface area contributed by atoms with E-state index >= 15 is 0 Å². The number of Topliss-reactive ketones (excluding diaryl/α,β-unsaturated/α-hetero) is 1. The standard InChI is InChI=1S/C18H22ClNO2.ClH/c1-2-16-18(14-12-13(19)6-7-17(14)22-16)15(21)8-11-20-9-4-3-5-10-20;/h6-7,12H,2-5,8-11H2,1H3;1H. The number of carbonyl (C=O) groups excluding carboxylic acids is 1. The van der Waals surface area contributed by atoms with Crippen LogP contribution in [0.2, 0.25) is 5.02 Å². The van der Waals surface area contributed by atoms with Gasteiger partial charge in [0.05, 0.1) is 5.56 Å². The molecule has 1 fully saturated rings. The van der Waals surface area contributed by atoms with Gasteiger partial charge in [0.2, 0.25) is 0 Å². The Morgan fingerprint density at radius 2 is 2.00 bits per heavy atom. The fraction of sp³-hybridized carbons (Fsp3) is 0.500. The summed E-state index contributed by atoms with van der Waals surface area (Å²) in [5, 5.41) is 1.49. The van der Waals surface area contributed by atoms with Gasteiger partial charge in [-0.3, -0.25) is 4.79 Å². The third kappa shape index (κ3) is 4.09. The van der Waals surface area contributed by atoms with E-state index in [1.165, 1.54) is 19.3 Å². The van der Waals surface area contributed by atoms with Gasteiger partial charge < -0.3 is 9.32 Å². The number of nitrogens with zero attached hydrogens (tertiary/aromatic N) is 1. The lowest BCUT2D eigenvalue weighted by atomic mass is 10.0. The molecule has 1 aromatic carbocycles. The normalized spacial score (nSPS) is 15.6. The molecule has 1 aliphatic rings. The average Bonchev–Trinajstić information content (AvgIpc) is 2.91. The zero-order valence-electron chi connectivity index (χ0n) is 13.4. The second-order valence-electron chi connectivity index (χ2n) is 5.97. The van der Waals surface area contributed by atoms with Gasteiger partial charge in [-0.05, 0) is 44.1 Å². The van der Waals surface area contributed by atoms with E-state index in [0.717, 1.165) is 48.3 Å². The largest absolute Gasteiger partial charge is 0.460 e. The Hall–Kier alpha value is -1.03. The lowest BCUT2D eigenvalue weighted by Crippen LogP contribution is -2.31. The Kier molecular flexibility index (Phi) is 6.51. The summed E-state index contributed by atoms with van der Waals surface area (Å²) < 4.78 is 5.82. The van der Waals surface area contributed by atoms with Gasteiger partial charge in [-0.2, -0.15) is 0 Å². The van der Waals surface area contributed by atoms with Crippen molar-refractivity contribution in [1.82, 2.24) is 4.90 Å². The Morgan fingerprint density at radius 3 is 2.70 bits per heavy atom. The van der Waals surface area contributed by atoms with Gasteiger partial charge in [-0.1, -0.05) is 24.9 Å². The second kappa shape index (κ2) is 8.18. The molecule has 0 atom stereocenters. The Balaban J connectivity index is 0.00000192. The van der Waals surface area contributed by atoms with Crippen molar-refractivity contribution in [1.29, 1.82) is 0 Å². The van der Waals surface area contributed by atoms with Crippen LogP contribution in [0.25, 0.3) is 11.0 Å². The van der Waals surface area contributed by atoms with E-state index in [-0.39, 0.29) is 18.2 Å². The number of halogens is 2. The van der Waals surface area contributed by atoms with Gasteiger partial charge in [0, 0.05) is 29.8 Å². The third-order valence-corrected chi connectivity index (χ3v) is 4.66. The summed E-state index contributed by atoms with van der Waals surface area (Å²) in [6, 6.07) is 5.49. The molecule has 5 heteroatoms. The van der Waals surface area contributed by atoms with E-state index in [0.29, 0.717) is 11.4 Å². The first-order valence-electron chi connectivity index (χ1n) is 8.15. The molecule has 0 aliphatic carbocycles. The van der Waals surface area contributed by atoms with Crippen LogP contribution in [0.1, 0.15) is 48.7 Å². The molecule has 0 N–H and O–H groups in total. The molecule has 0 radical (unpaired) electrons. The molecule has 1 aliphatic heterocycles. The minimum absolute atomic E-state index is 0. The summed E-state index contributed by atoms with van der Waals surface area (Å²) in [5.74, 6) is 0.948. The monoisotopic (exact) mass is 355 g/mol. The molecule has 0 bridgehead atoms. The Labute approximate surface area is 148 Å². The first kappa shape index (κ1) is 18.3. The summed E-state index contributed by atoms with van der Waals surface area (Å²) in [6.07, 6.45) is 5.08. The molecule has 2 aromatic rings. The summed E-state index contributed by atoms with van der Waals surface area (Å²) in [7, 11) is 0. The van der Waals surface area contributed by atoms with Crippen LogP contribution in [-0.4, -0.2) is 30.3 Å². The van der Waals surface area contributed by atoms with E-state index in [9.17, 15) is 4.79 Å². The Morgan fingerprint density at radius 1 is 1.26 bits per heavy atom. The first-order valence-corrected chi connectivity index (χ1v) is 8.53. The molecule has 3 rings (SSSR count). The number of rotatable bonds is 5. The number of fused-ring (bicyclic) bond motifs is 1. The SMILES string of the molecule is CCc1oc2ccc(Cl)cc2c1C(=O)CCN1CCCCC1.Cl. The van der Waals surface area contributed by atoms with E-state index < -0.39 is 0 Å². The summed E-state index contributed by atoms with van der Waals surface area (Å²) >= 11 is 6.09. The number of benzene rings is 1. The van der Waals surface area contributed by atoms with Crippen molar-refractivity contribution in [3.8, 4) is 0 Å². The van der Waals surface area contributed by atoms with Crippen LogP contribution in [0, 0.1) is 0 Å². The average molecular weight is 356 g/mol. The summed E-state index contributed by atoms with van der Waals surface area (Å²) in [5.41, 5.74) is 1.49. The predicted octanol–water partition coefficient (Wildman–Crippen LogP) is 5.13. The van der Waals surface area contributed by atoms with E-state index in [1.54, 1.807) is 6.07 Å². The van der Waals surface area contributed by atoms with Crippen LogP contribution >= 0.6 is 24.0 Å². The number of ketones is 1. The Bertz CT molecular complexity index is 675. The topological polar surface area (TPSA) is 33.5 Å². The van der Waals surface area contributed by atoms with Crippen molar-refractivity contribution in [3.05, 3.63) is 34.5 Å². The van der Waals surface area contributed by atoms with Crippen molar-refractivity contribution in [3.63, 3.8) is 0 Å². The highest BCUT2D eigenvalue weighted by Crippen LogP contribution is 2.30. The molecule has 23 heavy (non-hydrogen) atoms. The molecule has 0 unspecified atom stereocenters. The molecule has 126 valence electrons. The molecule has 3 nitrogen and oxygen atoms in total. The minimum atomic E-state index is 0. The van der Waals surface area contributed by atoms with Crippen LogP contribution in [0.4, 0.5) is 0 Å². The molecular formula is C18H23Cl2NO2. The highest BCUT2D eigenvalue weighted by atomic mass is 35.5. The van der Waals surface area contributed by atoms with Gasteiger partial charge in [0.25, 0.3) is 0 Å². The number of aryl methyl sites for hydroxylation is 1. The predicted molar refractivity (Wildman–Crippen MR) is 97.1 cm³/mol. The fourth-order valence-electron chi connectivity index (χ4n) is 3.24. The van der Waals surface area contributed by atoms with Crippen molar-refractivity contribution in [2.75, 3.05) is 19.6 Å². The zero-order valence-corrected chi connectivity index (χ0v) is 15.0. The first-order chi connectivity index (χ1) is 10.7. The highest BCUT2D eigenvalue weighted by Gasteiger charge is 2.21. The third-order valence-electron chi connectivity index (χ3n) is 4.43. The van der Waals surface area contributed by atoms with Gasteiger partial charge in [0.15, 0.2) is 5.78 Å². The number of likely N-dealkylation sites (tertiary alicyclic amines) is 1. The number of hydrogen-bond acceptors (Lipinski definition) is 3. The number of furan rings is 1. The summed E-state index contributed by atoms with van der Waals surface area (Å²) in [6.45, 7) is 5.09. The minimum Gasteiger partial charge on any atom is -0.460 e. The second-order valence-corrected chi connectivity index (χ2v) is 6.41. The van der Waals surface area contributed by atoms with Gasteiger partial charge >= 0.3 is 0 Å². The maximum atomic E-state index is 12.7. The van der Waals surface area contributed by atoms with E-state index in [1.807, 2.05) is 19.1 Å². The van der Waals surface area contributed by atoms with Crippen LogP contribution in [0.15, 0.2) is 22.6 Å².